The molecule has 180 valence electrons. The van der Waals surface area contributed by atoms with Crippen LogP contribution in [0.1, 0.15) is 38.7 Å². The summed E-state index contributed by atoms with van der Waals surface area (Å²) in [4.78, 5) is 23.5. The number of nitrogens with one attached hydrogen (secondary N) is 2. The van der Waals surface area contributed by atoms with Crippen molar-refractivity contribution in [2.75, 3.05) is 0 Å². The van der Waals surface area contributed by atoms with Gasteiger partial charge in [-0.2, -0.15) is 4.72 Å². The molecule has 2 unspecified atom stereocenters. The number of amides is 1. The van der Waals surface area contributed by atoms with Crippen LogP contribution in [0.15, 0.2) is 50.9 Å². The molecule has 10 nitrogen and oxygen atoms in total. The lowest BCUT2D eigenvalue weighted by molar-refractivity contribution is -0.140. The van der Waals surface area contributed by atoms with E-state index in [1.165, 1.54) is 12.1 Å². The molecule has 0 bridgehead atoms. The third kappa shape index (κ3) is 4.62. The van der Waals surface area contributed by atoms with Gasteiger partial charge in [-0.1, -0.05) is 25.4 Å². The van der Waals surface area contributed by atoms with Crippen LogP contribution in [0.4, 0.5) is 0 Å². The minimum atomic E-state index is -4.12. The smallest absolute Gasteiger partial charge is 0.322 e. The Labute approximate surface area is 195 Å². The van der Waals surface area contributed by atoms with E-state index in [4.69, 9.17) is 4.42 Å². The first kappa shape index (κ1) is 23.7. The number of carbonyl (C=O) groups is 2. The molecule has 11 heteroatoms. The zero-order valence-electron chi connectivity index (χ0n) is 18.6. The Morgan fingerprint density at radius 2 is 1.88 bits per heavy atom. The SMILES string of the molecule is CCC(C)C(NS(=O)(=O)c1ccc2c(c1)oc1ccc(C(=NO)NC(=O)C3CC3)cc12)C(=O)O. The van der Waals surface area contributed by atoms with Crippen molar-refractivity contribution in [3.05, 3.63) is 42.0 Å². The zero-order valence-corrected chi connectivity index (χ0v) is 19.4. The number of carbonyl (C=O) groups excluding carboxylic acids is 1. The normalized spacial score (nSPS) is 16.5. The number of rotatable bonds is 8. The summed E-state index contributed by atoms with van der Waals surface area (Å²) >= 11 is 0. The van der Waals surface area contributed by atoms with Crippen LogP contribution in [-0.2, 0) is 19.6 Å². The van der Waals surface area contributed by atoms with Crippen molar-refractivity contribution >= 4 is 49.7 Å². The molecule has 0 radical (unpaired) electrons. The summed E-state index contributed by atoms with van der Waals surface area (Å²) in [5.41, 5.74) is 1.22. The lowest BCUT2D eigenvalue weighted by atomic mass is 10.0. The first-order chi connectivity index (χ1) is 16.1. The van der Waals surface area contributed by atoms with Gasteiger partial charge in [0.25, 0.3) is 0 Å². The van der Waals surface area contributed by atoms with E-state index >= 15 is 0 Å². The quantitative estimate of drug-likeness (QED) is 0.164. The molecule has 2 atom stereocenters. The van der Waals surface area contributed by atoms with Crippen LogP contribution < -0.4 is 10.0 Å². The monoisotopic (exact) mass is 487 g/mol. The Morgan fingerprint density at radius 1 is 1.15 bits per heavy atom. The van der Waals surface area contributed by atoms with Gasteiger partial charge in [0, 0.05) is 28.3 Å². The number of benzene rings is 2. The van der Waals surface area contributed by atoms with Gasteiger partial charge in [0.1, 0.15) is 17.2 Å². The minimum Gasteiger partial charge on any atom is -0.480 e. The second-order valence-corrected chi connectivity index (χ2v) is 10.2. The number of hydrogen-bond acceptors (Lipinski definition) is 7. The van der Waals surface area contributed by atoms with E-state index in [0.717, 1.165) is 12.8 Å². The van der Waals surface area contributed by atoms with E-state index in [9.17, 15) is 28.3 Å². The van der Waals surface area contributed by atoms with E-state index < -0.39 is 28.0 Å². The summed E-state index contributed by atoms with van der Waals surface area (Å²) in [5.74, 6) is -1.90. The molecule has 34 heavy (non-hydrogen) atoms. The van der Waals surface area contributed by atoms with Gasteiger partial charge in [0.15, 0.2) is 5.84 Å². The number of carboxylic acids is 1. The number of hydrogen-bond donors (Lipinski definition) is 4. The third-order valence-electron chi connectivity index (χ3n) is 6.08. The van der Waals surface area contributed by atoms with Crippen molar-refractivity contribution in [2.45, 2.75) is 44.0 Å². The van der Waals surface area contributed by atoms with Crippen LogP contribution in [-0.4, -0.2) is 42.5 Å². The van der Waals surface area contributed by atoms with Crippen LogP contribution >= 0.6 is 0 Å². The molecule has 1 fully saturated rings. The van der Waals surface area contributed by atoms with Crippen LogP contribution in [0.3, 0.4) is 0 Å². The molecule has 1 heterocycles. The van der Waals surface area contributed by atoms with Gasteiger partial charge in [0.05, 0.1) is 4.90 Å². The first-order valence-electron chi connectivity index (χ1n) is 10.9. The van der Waals surface area contributed by atoms with E-state index in [-0.39, 0.29) is 28.1 Å². The molecule has 4 rings (SSSR count). The van der Waals surface area contributed by atoms with Crippen molar-refractivity contribution in [2.24, 2.45) is 17.0 Å². The molecule has 1 amide bonds. The number of aliphatic carboxylic acids is 1. The number of furan rings is 1. The Kier molecular flexibility index (Phi) is 6.32. The van der Waals surface area contributed by atoms with Gasteiger partial charge in [0.2, 0.25) is 15.9 Å². The summed E-state index contributed by atoms with van der Waals surface area (Å²) < 4.78 is 33.8. The maximum Gasteiger partial charge on any atom is 0.322 e. The van der Waals surface area contributed by atoms with E-state index in [1.54, 1.807) is 38.1 Å². The molecule has 1 aromatic heterocycles. The molecule has 4 N–H and O–H groups in total. The Bertz CT molecular complexity index is 1410. The lowest BCUT2D eigenvalue weighted by Crippen LogP contribution is -2.44. The predicted octanol–water partition coefficient (Wildman–Crippen LogP) is 3.03. The molecule has 1 aliphatic rings. The zero-order chi connectivity index (χ0) is 24.6. The number of oxime groups is 1. The predicted molar refractivity (Wildman–Crippen MR) is 124 cm³/mol. The second kappa shape index (κ2) is 9.07. The van der Waals surface area contributed by atoms with Gasteiger partial charge < -0.3 is 20.0 Å². The number of amidine groups is 1. The summed E-state index contributed by atoms with van der Waals surface area (Å²) in [6, 6.07) is 7.95. The third-order valence-corrected chi connectivity index (χ3v) is 7.52. The highest BCUT2D eigenvalue weighted by atomic mass is 32.2. The fourth-order valence-electron chi connectivity index (χ4n) is 3.67. The van der Waals surface area contributed by atoms with Gasteiger partial charge in [-0.25, -0.2) is 8.42 Å². The second-order valence-electron chi connectivity index (χ2n) is 8.51. The van der Waals surface area contributed by atoms with Crippen LogP contribution in [0.2, 0.25) is 0 Å². The molecule has 1 saturated carbocycles. The van der Waals surface area contributed by atoms with Crippen LogP contribution in [0, 0.1) is 11.8 Å². The standard InChI is InChI=1S/C23H25N3O7S/c1-3-12(2)20(23(28)29)26-34(31,32)15-7-8-16-17-10-14(6-9-18(17)33-19(16)11-15)21(25-30)24-22(27)13-4-5-13/h6-13,20,26,30H,3-5H2,1-2H3,(H,28,29)(H,24,25,27). The molecule has 0 spiro atoms. The molecular weight excluding hydrogens is 462 g/mol. The highest BCUT2D eigenvalue weighted by Crippen LogP contribution is 2.32. The van der Waals surface area contributed by atoms with Crippen molar-refractivity contribution < 1.29 is 32.7 Å². The molecule has 2 aromatic carbocycles. The fraction of sp³-hybridized carbons (Fsp3) is 0.348. The topological polar surface area (TPSA) is 158 Å². The van der Waals surface area contributed by atoms with E-state index in [1.807, 2.05) is 0 Å². The van der Waals surface area contributed by atoms with Gasteiger partial charge in [-0.15, -0.1) is 0 Å². The highest BCUT2D eigenvalue weighted by Gasteiger charge is 2.31. The summed E-state index contributed by atoms with van der Waals surface area (Å²) in [6.07, 6.45) is 2.10. The molecule has 0 aliphatic heterocycles. The van der Waals surface area contributed by atoms with Crippen molar-refractivity contribution in [3.8, 4) is 0 Å². The van der Waals surface area contributed by atoms with E-state index in [2.05, 4.69) is 15.2 Å². The van der Waals surface area contributed by atoms with Crippen molar-refractivity contribution in [1.82, 2.24) is 10.0 Å². The summed E-state index contributed by atoms with van der Waals surface area (Å²) in [5, 5.41) is 25.9. The average molecular weight is 488 g/mol. The van der Waals surface area contributed by atoms with Crippen LogP contribution in [0.5, 0.6) is 0 Å². The Morgan fingerprint density at radius 3 is 2.50 bits per heavy atom. The van der Waals surface area contributed by atoms with Gasteiger partial charge >= 0.3 is 5.97 Å². The number of nitrogens with zero attached hydrogens (tertiary/aromatic N) is 1. The number of fused-ring (bicyclic) bond motifs is 3. The molecule has 3 aromatic rings. The first-order valence-corrected chi connectivity index (χ1v) is 12.4. The lowest BCUT2D eigenvalue weighted by Gasteiger charge is -2.20. The largest absolute Gasteiger partial charge is 0.480 e. The highest BCUT2D eigenvalue weighted by molar-refractivity contribution is 7.89. The molecule has 1 aliphatic carbocycles. The average Bonchev–Trinajstić information content (AvgIpc) is 3.60. The van der Waals surface area contributed by atoms with Crippen molar-refractivity contribution in [3.63, 3.8) is 0 Å². The van der Waals surface area contributed by atoms with E-state index in [0.29, 0.717) is 28.3 Å². The number of carboxylic acid groups (broad SMARTS) is 1. The fourth-order valence-corrected chi connectivity index (χ4v) is 4.98. The Hall–Kier alpha value is -3.44. The van der Waals surface area contributed by atoms with Gasteiger partial charge in [-0.3, -0.25) is 9.59 Å². The van der Waals surface area contributed by atoms with Gasteiger partial charge in [-0.05, 0) is 49.1 Å². The molecule has 0 saturated heterocycles. The molecular formula is C23H25N3O7S. The van der Waals surface area contributed by atoms with Crippen LogP contribution in [0.25, 0.3) is 21.9 Å². The summed E-state index contributed by atoms with van der Waals surface area (Å²) in [7, 11) is -4.12. The minimum absolute atomic E-state index is 0.0151. The summed E-state index contributed by atoms with van der Waals surface area (Å²) in [6.45, 7) is 3.45. The maximum absolute atomic E-state index is 12.9. The number of sulfonamides is 1. The van der Waals surface area contributed by atoms with Crippen molar-refractivity contribution in [1.29, 1.82) is 0 Å². The Balaban J connectivity index is 1.67. The maximum atomic E-state index is 12.9.